The molecule has 0 saturated heterocycles. The van der Waals surface area contributed by atoms with Gasteiger partial charge >= 0.3 is 0 Å². The van der Waals surface area contributed by atoms with E-state index < -0.39 is 11.9 Å². The highest BCUT2D eigenvalue weighted by Gasteiger charge is 2.08. The molecule has 0 aliphatic carbocycles. The lowest BCUT2D eigenvalue weighted by molar-refractivity contribution is 0.102. The molecule has 2 heterocycles. The Bertz CT molecular complexity index is 667. The minimum absolute atomic E-state index is 0.143. The van der Waals surface area contributed by atoms with E-state index in [9.17, 15) is 14.0 Å². The Morgan fingerprint density at radius 2 is 2.21 bits per heavy atom. The second kappa shape index (κ2) is 5.43. The van der Waals surface area contributed by atoms with Gasteiger partial charge in [0.25, 0.3) is 11.5 Å². The van der Waals surface area contributed by atoms with Gasteiger partial charge in [0.15, 0.2) is 0 Å². The van der Waals surface area contributed by atoms with Gasteiger partial charge in [0.05, 0.1) is 5.69 Å². The lowest BCUT2D eigenvalue weighted by Crippen LogP contribution is -2.19. The fourth-order valence-corrected chi connectivity index (χ4v) is 1.60. The van der Waals surface area contributed by atoms with Gasteiger partial charge in [0, 0.05) is 36.6 Å². The van der Waals surface area contributed by atoms with Crippen molar-refractivity contribution in [3.8, 4) is 0 Å². The third kappa shape index (κ3) is 3.04. The van der Waals surface area contributed by atoms with Crippen molar-refractivity contribution in [1.82, 2.24) is 9.55 Å². The van der Waals surface area contributed by atoms with Crippen LogP contribution in [0.1, 0.15) is 17.3 Å². The lowest BCUT2D eigenvalue weighted by Gasteiger charge is -2.07. The predicted molar refractivity (Wildman–Crippen MR) is 68.5 cm³/mol. The molecule has 0 atom stereocenters. The fraction of sp³-hybridized carbons (Fsp3) is 0.154. The van der Waals surface area contributed by atoms with Gasteiger partial charge in [-0.1, -0.05) is 0 Å². The molecule has 0 bridgehead atoms. The van der Waals surface area contributed by atoms with E-state index in [4.69, 9.17) is 0 Å². The summed E-state index contributed by atoms with van der Waals surface area (Å²) < 4.78 is 14.4. The van der Waals surface area contributed by atoms with E-state index in [0.29, 0.717) is 12.2 Å². The normalized spacial score (nSPS) is 10.2. The maximum Gasteiger partial charge on any atom is 0.255 e. The molecule has 19 heavy (non-hydrogen) atoms. The third-order valence-electron chi connectivity index (χ3n) is 2.57. The van der Waals surface area contributed by atoms with E-state index in [-0.39, 0.29) is 11.1 Å². The number of anilines is 1. The topological polar surface area (TPSA) is 64.0 Å². The lowest BCUT2D eigenvalue weighted by atomic mass is 10.2. The summed E-state index contributed by atoms with van der Waals surface area (Å²) in [5, 5.41) is 2.59. The van der Waals surface area contributed by atoms with Crippen molar-refractivity contribution < 1.29 is 9.18 Å². The molecule has 2 aromatic rings. The molecule has 0 saturated carbocycles. The minimum Gasteiger partial charge on any atom is -0.321 e. The number of rotatable bonds is 3. The Morgan fingerprint density at radius 1 is 1.42 bits per heavy atom. The second-order valence-corrected chi connectivity index (χ2v) is 3.86. The standard InChI is InChI=1S/C13H12FN3O2/c1-2-17-8-10(3-4-12(17)18)16-13(19)9-5-6-15-11(14)7-9/h3-8H,2H2,1H3,(H,16,19). The number of nitrogens with zero attached hydrogens (tertiary/aromatic N) is 2. The zero-order valence-corrected chi connectivity index (χ0v) is 10.3. The molecule has 5 nitrogen and oxygen atoms in total. The minimum atomic E-state index is -0.717. The number of halogens is 1. The van der Waals surface area contributed by atoms with Crippen LogP contribution in [0, 0.1) is 5.95 Å². The van der Waals surface area contributed by atoms with Crippen molar-refractivity contribution in [2.45, 2.75) is 13.5 Å². The van der Waals surface area contributed by atoms with E-state index in [0.717, 1.165) is 6.07 Å². The highest BCUT2D eigenvalue weighted by atomic mass is 19.1. The highest BCUT2D eigenvalue weighted by molar-refractivity contribution is 6.04. The van der Waals surface area contributed by atoms with Crippen LogP contribution in [-0.4, -0.2) is 15.5 Å². The Morgan fingerprint density at radius 3 is 2.89 bits per heavy atom. The van der Waals surface area contributed by atoms with Gasteiger partial charge in [-0.05, 0) is 19.1 Å². The van der Waals surface area contributed by atoms with Gasteiger partial charge in [0.2, 0.25) is 5.95 Å². The highest BCUT2D eigenvalue weighted by Crippen LogP contribution is 2.07. The molecule has 0 aliphatic rings. The largest absolute Gasteiger partial charge is 0.321 e. The van der Waals surface area contributed by atoms with Gasteiger partial charge in [-0.15, -0.1) is 0 Å². The first kappa shape index (κ1) is 12.9. The average molecular weight is 261 g/mol. The van der Waals surface area contributed by atoms with E-state index >= 15 is 0 Å². The van der Waals surface area contributed by atoms with Gasteiger partial charge in [-0.25, -0.2) is 4.98 Å². The quantitative estimate of drug-likeness (QED) is 0.854. The second-order valence-electron chi connectivity index (χ2n) is 3.86. The predicted octanol–water partition coefficient (Wildman–Crippen LogP) is 1.65. The summed E-state index contributed by atoms with van der Waals surface area (Å²) in [5.41, 5.74) is 0.501. The number of hydrogen-bond acceptors (Lipinski definition) is 3. The van der Waals surface area contributed by atoms with Gasteiger partial charge < -0.3 is 9.88 Å². The molecule has 0 aliphatic heterocycles. The monoisotopic (exact) mass is 261 g/mol. The molecular weight excluding hydrogens is 249 g/mol. The van der Waals surface area contributed by atoms with Crippen molar-refractivity contribution in [3.63, 3.8) is 0 Å². The number of aryl methyl sites for hydroxylation is 1. The van der Waals surface area contributed by atoms with E-state index in [1.165, 1.54) is 35.2 Å². The summed E-state index contributed by atoms with van der Waals surface area (Å²) in [6.45, 7) is 2.33. The van der Waals surface area contributed by atoms with Gasteiger partial charge in [0.1, 0.15) is 0 Å². The van der Waals surface area contributed by atoms with Crippen LogP contribution in [0.4, 0.5) is 10.1 Å². The van der Waals surface area contributed by atoms with E-state index in [2.05, 4.69) is 10.3 Å². The molecule has 0 spiro atoms. The van der Waals surface area contributed by atoms with Crippen LogP contribution in [-0.2, 0) is 6.54 Å². The summed E-state index contributed by atoms with van der Waals surface area (Å²) in [6, 6.07) is 5.33. The van der Waals surface area contributed by atoms with Crippen LogP contribution in [0.15, 0.2) is 41.5 Å². The first-order valence-electron chi connectivity index (χ1n) is 5.73. The summed E-state index contributed by atoms with van der Waals surface area (Å²) in [6.07, 6.45) is 2.76. The van der Waals surface area contributed by atoms with Gasteiger partial charge in [-0.2, -0.15) is 4.39 Å². The summed E-state index contributed by atoms with van der Waals surface area (Å²) >= 11 is 0. The number of carbonyl (C=O) groups is 1. The molecular formula is C13H12FN3O2. The number of hydrogen-bond donors (Lipinski definition) is 1. The molecule has 2 aromatic heterocycles. The molecule has 98 valence electrons. The van der Waals surface area contributed by atoms with Crippen LogP contribution < -0.4 is 10.9 Å². The Balaban J connectivity index is 2.22. The van der Waals surface area contributed by atoms with E-state index in [1.807, 2.05) is 6.92 Å². The summed E-state index contributed by atoms with van der Waals surface area (Å²) in [5.74, 6) is -1.17. The number of nitrogens with one attached hydrogen (secondary N) is 1. The molecule has 0 fully saturated rings. The Kier molecular flexibility index (Phi) is 3.70. The van der Waals surface area contributed by atoms with Crippen LogP contribution >= 0.6 is 0 Å². The van der Waals surface area contributed by atoms with Crippen molar-refractivity contribution in [1.29, 1.82) is 0 Å². The van der Waals surface area contributed by atoms with Crippen molar-refractivity contribution in [2.24, 2.45) is 0 Å². The summed E-state index contributed by atoms with van der Waals surface area (Å²) in [7, 11) is 0. The maximum atomic E-state index is 12.9. The smallest absolute Gasteiger partial charge is 0.255 e. The fourth-order valence-electron chi connectivity index (χ4n) is 1.60. The molecule has 0 aromatic carbocycles. The molecule has 1 amide bonds. The molecule has 0 radical (unpaired) electrons. The van der Waals surface area contributed by atoms with Gasteiger partial charge in [-0.3, -0.25) is 9.59 Å². The van der Waals surface area contributed by atoms with Crippen LogP contribution in [0.5, 0.6) is 0 Å². The number of pyridine rings is 2. The summed E-state index contributed by atoms with van der Waals surface area (Å²) in [4.78, 5) is 26.6. The van der Waals surface area contributed by atoms with Crippen LogP contribution in [0.25, 0.3) is 0 Å². The first-order valence-corrected chi connectivity index (χ1v) is 5.73. The third-order valence-corrected chi connectivity index (χ3v) is 2.57. The van der Waals surface area contributed by atoms with Crippen LogP contribution in [0.2, 0.25) is 0 Å². The zero-order valence-electron chi connectivity index (χ0n) is 10.3. The number of carbonyl (C=O) groups excluding carboxylic acids is 1. The van der Waals surface area contributed by atoms with Crippen LogP contribution in [0.3, 0.4) is 0 Å². The molecule has 1 N–H and O–H groups in total. The number of aromatic nitrogens is 2. The van der Waals surface area contributed by atoms with E-state index in [1.54, 1.807) is 0 Å². The molecule has 2 rings (SSSR count). The van der Waals surface area contributed by atoms with Crippen molar-refractivity contribution >= 4 is 11.6 Å². The molecule has 6 heteroatoms. The van der Waals surface area contributed by atoms with Crippen molar-refractivity contribution in [2.75, 3.05) is 5.32 Å². The Hall–Kier alpha value is -2.50. The average Bonchev–Trinajstić information content (AvgIpc) is 2.41. The Labute approximate surface area is 108 Å². The molecule has 0 unspecified atom stereocenters. The maximum absolute atomic E-state index is 12.9. The SMILES string of the molecule is CCn1cc(NC(=O)c2ccnc(F)c2)ccc1=O. The van der Waals surface area contributed by atoms with Crippen molar-refractivity contribution in [3.05, 3.63) is 58.5 Å². The number of amides is 1. The zero-order chi connectivity index (χ0) is 13.8. The first-order chi connectivity index (χ1) is 9.10.